The minimum atomic E-state index is -0.619. The third kappa shape index (κ3) is 3.15. The molecule has 0 spiro atoms. The molecule has 0 N–H and O–H groups in total. The van der Waals surface area contributed by atoms with Crippen LogP contribution in [0.2, 0.25) is 0 Å². The number of nitrogens with zero attached hydrogens (tertiary/aromatic N) is 4. The van der Waals surface area contributed by atoms with Gasteiger partial charge in [0.1, 0.15) is 10.7 Å². The largest absolute Gasteiger partial charge is 0.433 e. The normalized spacial score (nSPS) is 12.2. The second kappa shape index (κ2) is 6.59. The van der Waals surface area contributed by atoms with E-state index < -0.39 is 4.92 Å². The maximum Gasteiger partial charge on any atom is 0.433 e. The van der Waals surface area contributed by atoms with E-state index in [1.54, 1.807) is 23.9 Å². The number of benzene rings is 1. The molecule has 0 unspecified atom stereocenters. The molecule has 0 aliphatic rings. The van der Waals surface area contributed by atoms with Gasteiger partial charge in [-0.1, -0.05) is 0 Å². The molecule has 0 aliphatic heterocycles. The number of nitro groups is 1. The minimum absolute atomic E-state index is 0.243. The van der Waals surface area contributed by atoms with Gasteiger partial charge in [0.2, 0.25) is 4.80 Å². The zero-order valence-corrected chi connectivity index (χ0v) is 13.2. The maximum absolute atomic E-state index is 13.1. The highest BCUT2D eigenvalue weighted by Gasteiger charge is 2.11. The molecular weight excluding hydrogens is 335 g/mol. The molecule has 1 aromatic carbocycles. The van der Waals surface area contributed by atoms with Gasteiger partial charge >= 0.3 is 5.88 Å². The number of thiazole rings is 1. The van der Waals surface area contributed by atoms with Crippen LogP contribution in [-0.4, -0.2) is 22.9 Å². The molecule has 3 rings (SSSR count). The van der Waals surface area contributed by atoms with Crippen LogP contribution in [-0.2, 0) is 0 Å². The van der Waals surface area contributed by atoms with Gasteiger partial charge in [-0.25, -0.2) is 9.07 Å². The van der Waals surface area contributed by atoms with E-state index in [9.17, 15) is 14.5 Å². The summed E-state index contributed by atoms with van der Waals surface area (Å²) < 4.78 is 19.7. The molecule has 7 nitrogen and oxygen atoms in total. The third-order valence-corrected chi connectivity index (χ3v) is 4.02. The van der Waals surface area contributed by atoms with E-state index in [0.29, 0.717) is 4.80 Å². The number of rotatable bonds is 4. The zero-order valence-electron chi connectivity index (χ0n) is 12.4. The summed E-state index contributed by atoms with van der Waals surface area (Å²) in [7, 11) is 1.63. The van der Waals surface area contributed by atoms with Gasteiger partial charge in [-0.2, -0.15) is 5.10 Å². The van der Waals surface area contributed by atoms with Crippen LogP contribution >= 0.6 is 11.3 Å². The van der Waals surface area contributed by atoms with Crippen molar-refractivity contribution in [3.8, 4) is 11.3 Å². The zero-order chi connectivity index (χ0) is 17.1. The molecule has 9 heteroatoms. The van der Waals surface area contributed by atoms with Gasteiger partial charge in [-0.3, -0.25) is 15.1 Å². The number of furan rings is 1. The van der Waals surface area contributed by atoms with E-state index in [1.807, 2.05) is 5.38 Å². The molecule has 24 heavy (non-hydrogen) atoms. The van der Waals surface area contributed by atoms with Crippen LogP contribution in [0.5, 0.6) is 0 Å². The molecule has 2 heterocycles. The molecule has 0 radical (unpaired) electrons. The summed E-state index contributed by atoms with van der Waals surface area (Å²) in [4.78, 5) is 14.8. The Bertz CT molecular complexity index is 969. The maximum atomic E-state index is 13.1. The van der Waals surface area contributed by atoms with E-state index in [-0.39, 0.29) is 17.5 Å². The lowest BCUT2D eigenvalue weighted by atomic mass is 10.2. The Labute approximate surface area is 139 Å². The first kappa shape index (κ1) is 15.8. The molecule has 0 atom stereocenters. The van der Waals surface area contributed by atoms with Crippen molar-refractivity contribution in [3.63, 3.8) is 0 Å². The van der Waals surface area contributed by atoms with Crippen molar-refractivity contribution in [1.82, 2.24) is 4.68 Å². The van der Waals surface area contributed by atoms with Crippen LogP contribution in [0.15, 0.2) is 56.3 Å². The molecule has 2 aromatic heterocycles. The summed E-state index contributed by atoms with van der Waals surface area (Å²) in [6.45, 7) is 0. The SMILES string of the molecule is CN=c1scc(-c2ccc(F)cc2)n1/N=C\c1ccc([N+](=O)[O-])o1. The van der Waals surface area contributed by atoms with Crippen molar-refractivity contribution < 1.29 is 13.7 Å². The van der Waals surface area contributed by atoms with Crippen molar-refractivity contribution in [2.75, 3.05) is 7.05 Å². The first-order valence-corrected chi connectivity index (χ1v) is 7.64. The molecule has 0 fully saturated rings. The highest BCUT2D eigenvalue weighted by atomic mass is 32.1. The molecule has 3 aromatic rings. The summed E-state index contributed by atoms with van der Waals surface area (Å²) in [5, 5.41) is 16.8. The van der Waals surface area contributed by atoms with Crippen molar-refractivity contribution in [2.45, 2.75) is 0 Å². The van der Waals surface area contributed by atoms with Crippen molar-refractivity contribution in [3.05, 3.63) is 68.3 Å². The molecule has 0 bridgehead atoms. The first-order chi connectivity index (χ1) is 11.6. The smallest absolute Gasteiger partial charge is 0.400 e. The highest BCUT2D eigenvalue weighted by molar-refractivity contribution is 7.07. The lowest BCUT2D eigenvalue weighted by Gasteiger charge is -2.02. The molecule has 0 amide bonds. The van der Waals surface area contributed by atoms with Crippen LogP contribution in [0.1, 0.15) is 5.76 Å². The van der Waals surface area contributed by atoms with Gasteiger partial charge in [-0.15, -0.1) is 11.3 Å². The average molecular weight is 346 g/mol. The number of aromatic nitrogens is 1. The van der Waals surface area contributed by atoms with E-state index in [0.717, 1.165) is 11.3 Å². The third-order valence-electron chi connectivity index (χ3n) is 3.11. The standard InChI is InChI=1S/C15H11FN4O3S/c1-17-15-19(18-8-12-6-7-14(23-12)20(21)22)13(9-24-15)10-2-4-11(16)5-3-10/h2-9H,1H3/b17-15?,18-8-. The summed E-state index contributed by atoms with van der Waals surface area (Å²) >= 11 is 1.37. The Hall–Kier alpha value is -3.07. The van der Waals surface area contributed by atoms with Gasteiger partial charge in [0.15, 0.2) is 5.76 Å². The second-order valence-electron chi connectivity index (χ2n) is 4.62. The van der Waals surface area contributed by atoms with Gasteiger partial charge < -0.3 is 4.42 Å². The molecule has 122 valence electrons. The molecule has 0 saturated heterocycles. The lowest BCUT2D eigenvalue weighted by molar-refractivity contribution is -0.402. The number of hydrogen-bond acceptors (Lipinski definition) is 6. The van der Waals surface area contributed by atoms with Gasteiger partial charge in [-0.05, 0) is 30.3 Å². The summed E-state index contributed by atoms with van der Waals surface area (Å²) in [6.07, 6.45) is 1.36. The summed E-state index contributed by atoms with van der Waals surface area (Å²) in [5.41, 5.74) is 1.49. The average Bonchev–Trinajstić information content (AvgIpc) is 3.20. The van der Waals surface area contributed by atoms with E-state index in [2.05, 4.69) is 10.1 Å². The lowest BCUT2D eigenvalue weighted by Crippen LogP contribution is -2.11. The van der Waals surface area contributed by atoms with Crippen LogP contribution in [0.25, 0.3) is 11.3 Å². The van der Waals surface area contributed by atoms with Crippen LogP contribution < -0.4 is 4.80 Å². The van der Waals surface area contributed by atoms with Gasteiger partial charge in [0.25, 0.3) is 0 Å². The predicted octanol–water partition coefficient (Wildman–Crippen LogP) is 3.27. The molecular formula is C15H11FN4O3S. The first-order valence-electron chi connectivity index (χ1n) is 6.76. The summed E-state index contributed by atoms with van der Waals surface area (Å²) in [5.74, 6) is -0.439. The second-order valence-corrected chi connectivity index (χ2v) is 5.46. The van der Waals surface area contributed by atoms with Crippen LogP contribution in [0, 0.1) is 15.9 Å². The fraction of sp³-hybridized carbons (Fsp3) is 0.0667. The monoisotopic (exact) mass is 346 g/mol. The fourth-order valence-corrected chi connectivity index (χ4v) is 2.81. The van der Waals surface area contributed by atoms with Crippen LogP contribution in [0.4, 0.5) is 10.3 Å². The Morgan fingerprint density at radius 2 is 2.04 bits per heavy atom. The minimum Gasteiger partial charge on any atom is -0.400 e. The van der Waals surface area contributed by atoms with Crippen LogP contribution in [0.3, 0.4) is 0 Å². The Balaban J connectivity index is 2.00. The molecule has 0 saturated carbocycles. The highest BCUT2D eigenvalue weighted by Crippen LogP contribution is 2.21. The summed E-state index contributed by atoms with van der Waals surface area (Å²) in [6, 6.07) is 8.71. The van der Waals surface area contributed by atoms with E-state index in [1.165, 1.54) is 41.8 Å². The fourth-order valence-electron chi connectivity index (χ4n) is 2.01. The molecule has 0 aliphatic carbocycles. The van der Waals surface area contributed by atoms with Gasteiger partial charge in [0.05, 0.1) is 18.0 Å². The van der Waals surface area contributed by atoms with Gasteiger partial charge in [0, 0.05) is 18.0 Å². The number of halogens is 1. The topological polar surface area (TPSA) is 85.9 Å². The quantitative estimate of drug-likeness (QED) is 0.413. The predicted molar refractivity (Wildman–Crippen MR) is 87.5 cm³/mol. The van der Waals surface area contributed by atoms with Crippen molar-refractivity contribution in [2.24, 2.45) is 10.1 Å². The Morgan fingerprint density at radius 3 is 2.67 bits per heavy atom. The Kier molecular flexibility index (Phi) is 4.34. The van der Waals surface area contributed by atoms with E-state index >= 15 is 0 Å². The number of hydrogen-bond donors (Lipinski definition) is 0. The van der Waals surface area contributed by atoms with E-state index in [4.69, 9.17) is 4.42 Å². The van der Waals surface area contributed by atoms with Crippen molar-refractivity contribution in [1.29, 1.82) is 0 Å². The van der Waals surface area contributed by atoms with Crippen molar-refractivity contribution >= 4 is 23.4 Å². The Morgan fingerprint density at radius 1 is 1.29 bits per heavy atom.